The fraction of sp³-hybridized carbons (Fsp3) is 0.259. The molecule has 4 aromatic rings. The van der Waals surface area contributed by atoms with Gasteiger partial charge in [0.05, 0.1) is 23.2 Å². The third-order valence-electron chi connectivity index (χ3n) is 5.56. The summed E-state index contributed by atoms with van der Waals surface area (Å²) < 4.78 is 8.15. The molecule has 4 rings (SSSR count). The second-order valence-corrected chi connectivity index (χ2v) is 8.93. The van der Waals surface area contributed by atoms with Crippen LogP contribution in [0, 0.1) is 0 Å². The summed E-state index contributed by atoms with van der Waals surface area (Å²) in [4.78, 5) is 16.0. The minimum Gasteiger partial charge on any atom is -0.494 e. The van der Waals surface area contributed by atoms with Gasteiger partial charge in [0.2, 0.25) is 0 Å². The molecule has 0 bridgehead atoms. The van der Waals surface area contributed by atoms with E-state index in [0.717, 1.165) is 41.1 Å². The summed E-state index contributed by atoms with van der Waals surface area (Å²) in [5.41, 5.74) is 4.54. The van der Waals surface area contributed by atoms with E-state index in [0.29, 0.717) is 6.61 Å². The van der Waals surface area contributed by atoms with Gasteiger partial charge in [-0.1, -0.05) is 57.2 Å². The fourth-order valence-electron chi connectivity index (χ4n) is 3.75. The summed E-state index contributed by atoms with van der Waals surface area (Å²) >= 11 is 0. The van der Waals surface area contributed by atoms with E-state index >= 15 is 0 Å². The van der Waals surface area contributed by atoms with Crippen LogP contribution in [0.5, 0.6) is 5.75 Å². The number of carboxylic acids is 1. The number of para-hydroxylation sites is 2. The molecule has 5 nitrogen and oxygen atoms in total. The molecule has 1 heterocycles. The summed E-state index contributed by atoms with van der Waals surface area (Å²) in [5.74, 6) is 0.772. The zero-order chi connectivity index (χ0) is 22.7. The largest absolute Gasteiger partial charge is 0.494 e. The van der Waals surface area contributed by atoms with E-state index in [1.807, 2.05) is 42.5 Å². The topological polar surface area (TPSA) is 64.3 Å². The van der Waals surface area contributed by atoms with E-state index in [-0.39, 0.29) is 11.0 Å². The predicted octanol–water partition coefficient (Wildman–Crippen LogP) is 6.17. The Kier molecular flexibility index (Phi) is 5.99. The fourth-order valence-corrected chi connectivity index (χ4v) is 3.75. The van der Waals surface area contributed by atoms with E-state index < -0.39 is 5.97 Å². The molecule has 32 heavy (non-hydrogen) atoms. The van der Waals surface area contributed by atoms with Crippen molar-refractivity contribution in [2.45, 2.75) is 39.2 Å². The molecule has 0 radical (unpaired) electrons. The molecule has 164 valence electrons. The van der Waals surface area contributed by atoms with Crippen LogP contribution in [-0.2, 0) is 12.0 Å². The zero-order valence-corrected chi connectivity index (χ0v) is 18.7. The van der Waals surface area contributed by atoms with Crippen LogP contribution in [0.4, 0.5) is 0 Å². The van der Waals surface area contributed by atoms with E-state index in [2.05, 4.69) is 43.5 Å². The number of nitrogens with zero attached hydrogens (tertiary/aromatic N) is 2. The first-order valence-electron chi connectivity index (χ1n) is 10.9. The van der Waals surface area contributed by atoms with Crippen LogP contribution >= 0.6 is 0 Å². The number of fused-ring (bicyclic) bond motifs is 1. The number of imidazole rings is 1. The molecular formula is C27H28N2O3. The molecule has 0 aliphatic carbocycles. The number of aryl methyl sites for hydroxylation is 1. The Labute approximate surface area is 188 Å². The molecular weight excluding hydrogens is 400 g/mol. The van der Waals surface area contributed by atoms with Crippen LogP contribution in [0.25, 0.3) is 22.4 Å². The Morgan fingerprint density at radius 3 is 2.31 bits per heavy atom. The minimum atomic E-state index is -0.933. The van der Waals surface area contributed by atoms with Gasteiger partial charge >= 0.3 is 5.97 Å². The molecule has 0 saturated heterocycles. The highest BCUT2D eigenvalue weighted by Crippen LogP contribution is 2.26. The van der Waals surface area contributed by atoms with Gasteiger partial charge in [0, 0.05) is 12.1 Å². The lowest BCUT2D eigenvalue weighted by Crippen LogP contribution is -2.10. The second kappa shape index (κ2) is 8.87. The Bertz CT molecular complexity index is 1220. The Morgan fingerprint density at radius 2 is 1.66 bits per heavy atom. The number of ether oxygens (including phenoxy) is 1. The molecule has 0 fully saturated rings. The van der Waals surface area contributed by atoms with Crippen molar-refractivity contribution in [1.29, 1.82) is 0 Å². The summed E-state index contributed by atoms with van der Waals surface area (Å²) in [7, 11) is 0. The standard InChI is InChI=1S/C27H28N2O3/c1-27(2,3)21-13-15-22(16-14-21)32-18-6-17-29-24-8-5-4-7-23(24)28-25(29)19-9-11-20(12-10-19)26(30)31/h4-5,7-16H,6,17-18H2,1-3H3,(H,30,31). The quantitative estimate of drug-likeness (QED) is 0.358. The lowest BCUT2D eigenvalue weighted by molar-refractivity contribution is 0.0697. The van der Waals surface area contributed by atoms with Crippen LogP contribution in [-0.4, -0.2) is 27.2 Å². The summed E-state index contributed by atoms with van der Waals surface area (Å²) in [5, 5.41) is 9.17. The van der Waals surface area contributed by atoms with Gasteiger partial charge in [-0.2, -0.15) is 0 Å². The van der Waals surface area contributed by atoms with E-state index in [1.54, 1.807) is 12.1 Å². The number of hydrogen-bond acceptors (Lipinski definition) is 3. The Hall–Kier alpha value is -3.60. The molecule has 0 atom stereocenters. The van der Waals surface area contributed by atoms with Crippen LogP contribution in [0.1, 0.15) is 43.1 Å². The summed E-state index contributed by atoms with van der Waals surface area (Å²) in [6.07, 6.45) is 0.821. The summed E-state index contributed by atoms with van der Waals surface area (Å²) in [6.45, 7) is 7.94. The first-order chi connectivity index (χ1) is 15.3. The van der Waals surface area contributed by atoms with Gasteiger partial charge in [-0.25, -0.2) is 9.78 Å². The Balaban J connectivity index is 1.49. The smallest absolute Gasteiger partial charge is 0.335 e. The molecule has 0 saturated carbocycles. The molecule has 5 heteroatoms. The molecule has 0 amide bonds. The third-order valence-corrected chi connectivity index (χ3v) is 5.56. The van der Waals surface area contributed by atoms with Crippen molar-refractivity contribution >= 4 is 17.0 Å². The van der Waals surface area contributed by atoms with E-state index in [9.17, 15) is 9.90 Å². The summed E-state index contributed by atoms with van der Waals surface area (Å²) in [6, 6.07) is 23.2. The lowest BCUT2D eigenvalue weighted by Gasteiger charge is -2.19. The van der Waals surface area contributed by atoms with Crippen molar-refractivity contribution in [3.8, 4) is 17.1 Å². The number of hydrogen-bond donors (Lipinski definition) is 1. The average molecular weight is 429 g/mol. The van der Waals surface area contributed by atoms with E-state index in [1.165, 1.54) is 5.56 Å². The molecule has 0 aliphatic heterocycles. The van der Waals surface area contributed by atoms with Gasteiger partial charge in [-0.3, -0.25) is 0 Å². The minimum absolute atomic E-state index is 0.125. The number of aromatic carboxylic acids is 1. The van der Waals surface area contributed by atoms with Crippen molar-refractivity contribution in [3.63, 3.8) is 0 Å². The third kappa shape index (κ3) is 4.67. The van der Waals surface area contributed by atoms with Crippen molar-refractivity contribution in [1.82, 2.24) is 9.55 Å². The van der Waals surface area contributed by atoms with Crippen LogP contribution in [0.3, 0.4) is 0 Å². The normalized spacial score (nSPS) is 11.6. The first kappa shape index (κ1) is 21.6. The second-order valence-electron chi connectivity index (χ2n) is 8.93. The molecule has 3 aromatic carbocycles. The number of carbonyl (C=O) groups is 1. The van der Waals surface area contributed by atoms with Crippen molar-refractivity contribution in [3.05, 3.63) is 83.9 Å². The number of aromatic nitrogens is 2. The molecule has 0 unspecified atom stereocenters. The van der Waals surface area contributed by atoms with Crippen molar-refractivity contribution < 1.29 is 14.6 Å². The van der Waals surface area contributed by atoms with Gasteiger partial charge < -0.3 is 14.4 Å². The number of rotatable bonds is 7. The van der Waals surface area contributed by atoms with Crippen LogP contribution in [0.15, 0.2) is 72.8 Å². The predicted molar refractivity (Wildman–Crippen MR) is 127 cm³/mol. The molecule has 0 spiro atoms. The average Bonchev–Trinajstić information content (AvgIpc) is 3.15. The molecule has 0 aliphatic rings. The maximum Gasteiger partial charge on any atom is 0.335 e. The van der Waals surface area contributed by atoms with Gasteiger partial charge in [-0.05, 0) is 53.8 Å². The van der Waals surface area contributed by atoms with Gasteiger partial charge in [0.15, 0.2) is 0 Å². The van der Waals surface area contributed by atoms with Crippen LogP contribution in [0.2, 0.25) is 0 Å². The van der Waals surface area contributed by atoms with Crippen LogP contribution < -0.4 is 4.74 Å². The monoisotopic (exact) mass is 428 g/mol. The highest BCUT2D eigenvalue weighted by Gasteiger charge is 2.14. The Morgan fingerprint density at radius 1 is 0.969 bits per heavy atom. The highest BCUT2D eigenvalue weighted by molar-refractivity contribution is 5.88. The van der Waals surface area contributed by atoms with E-state index in [4.69, 9.17) is 9.72 Å². The van der Waals surface area contributed by atoms with Crippen molar-refractivity contribution in [2.24, 2.45) is 0 Å². The maximum absolute atomic E-state index is 11.2. The zero-order valence-electron chi connectivity index (χ0n) is 18.7. The van der Waals surface area contributed by atoms with Gasteiger partial charge in [0.1, 0.15) is 11.6 Å². The number of carboxylic acid groups (broad SMARTS) is 1. The maximum atomic E-state index is 11.2. The van der Waals surface area contributed by atoms with Gasteiger partial charge in [0.25, 0.3) is 0 Å². The molecule has 1 N–H and O–H groups in total. The lowest BCUT2D eigenvalue weighted by atomic mass is 9.87. The van der Waals surface area contributed by atoms with Crippen molar-refractivity contribution in [2.75, 3.05) is 6.61 Å². The highest BCUT2D eigenvalue weighted by atomic mass is 16.5. The van der Waals surface area contributed by atoms with Gasteiger partial charge in [-0.15, -0.1) is 0 Å². The number of benzene rings is 3. The first-order valence-corrected chi connectivity index (χ1v) is 10.9. The molecule has 1 aromatic heterocycles. The SMILES string of the molecule is CC(C)(C)c1ccc(OCCCn2c(-c3ccc(C(=O)O)cc3)nc3ccccc32)cc1.